The zero-order chi connectivity index (χ0) is 22.6. The summed E-state index contributed by atoms with van der Waals surface area (Å²) in [5, 5.41) is 11.6. The van der Waals surface area contributed by atoms with Crippen LogP contribution in [0.15, 0.2) is 61.2 Å². The van der Waals surface area contributed by atoms with Crippen LogP contribution in [-0.2, 0) is 4.79 Å². The number of carbonyl (C=O) groups excluding carboxylic acids is 1. The number of allylic oxidation sites excluding steroid dienone is 1. The number of hydrogen-bond donors (Lipinski definition) is 1. The first-order valence-corrected chi connectivity index (χ1v) is 11.7. The summed E-state index contributed by atoms with van der Waals surface area (Å²) < 4.78 is 0. The van der Waals surface area contributed by atoms with E-state index in [0.29, 0.717) is 22.9 Å². The number of nitrogens with zero attached hydrogens (tertiary/aromatic N) is 1. The first-order valence-electron chi connectivity index (χ1n) is 10.9. The molecule has 31 heavy (non-hydrogen) atoms. The molecule has 3 nitrogen and oxygen atoms in total. The van der Waals surface area contributed by atoms with Crippen LogP contribution in [0.5, 0.6) is 0 Å². The summed E-state index contributed by atoms with van der Waals surface area (Å²) in [5.41, 5.74) is 1.50. The van der Waals surface area contributed by atoms with Gasteiger partial charge in [0.05, 0.1) is 24.1 Å². The predicted octanol–water partition coefficient (Wildman–Crippen LogP) is 6.79. The number of aliphatic hydroxyl groups is 1. The summed E-state index contributed by atoms with van der Waals surface area (Å²) in [6.45, 7) is 7.92. The molecule has 2 aromatic carbocycles. The summed E-state index contributed by atoms with van der Waals surface area (Å²) in [6.07, 6.45) is 4.69. The molecule has 1 heterocycles. The molecule has 1 amide bonds. The molecule has 0 saturated carbocycles. The molecule has 2 aromatic rings. The van der Waals surface area contributed by atoms with E-state index in [2.05, 4.69) is 19.6 Å². The second-order valence-corrected chi connectivity index (χ2v) is 9.63. The van der Waals surface area contributed by atoms with E-state index < -0.39 is 5.41 Å². The quantitative estimate of drug-likeness (QED) is 0.441. The summed E-state index contributed by atoms with van der Waals surface area (Å²) in [7, 11) is 0. The third kappa shape index (κ3) is 5.00. The van der Waals surface area contributed by atoms with Gasteiger partial charge in [0.15, 0.2) is 0 Å². The van der Waals surface area contributed by atoms with E-state index in [0.717, 1.165) is 24.0 Å². The highest BCUT2D eigenvalue weighted by atomic mass is 35.5. The first kappa shape index (κ1) is 23.8. The van der Waals surface area contributed by atoms with E-state index in [1.165, 1.54) is 0 Å². The Bertz CT molecular complexity index is 914. The van der Waals surface area contributed by atoms with Crippen molar-refractivity contribution in [3.63, 3.8) is 0 Å². The average molecular weight is 460 g/mol. The molecule has 0 aromatic heterocycles. The van der Waals surface area contributed by atoms with Crippen LogP contribution in [0, 0.1) is 5.41 Å². The highest BCUT2D eigenvalue weighted by Crippen LogP contribution is 2.52. The van der Waals surface area contributed by atoms with E-state index >= 15 is 0 Å². The number of amides is 1. The molecular formula is C26H31Cl2NO2. The van der Waals surface area contributed by atoms with Gasteiger partial charge in [0.2, 0.25) is 5.91 Å². The first-order chi connectivity index (χ1) is 14.8. The van der Waals surface area contributed by atoms with Crippen LogP contribution in [0.4, 0.5) is 0 Å². The molecule has 3 rings (SSSR count). The zero-order valence-electron chi connectivity index (χ0n) is 18.2. The Hall–Kier alpha value is -1.81. The molecule has 1 N–H and O–H groups in total. The number of benzene rings is 2. The van der Waals surface area contributed by atoms with Gasteiger partial charge < -0.3 is 10.0 Å². The van der Waals surface area contributed by atoms with Crippen molar-refractivity contribution in [2.45, 2.75) is 57.5 Å². The van der Waals surface area contributed by atoms with Crippen LogP contribution in [0.3, 0.4) is 0 Å². The third-order valence-corrected chi connectivity index (χ3v) is 6.90. The number of hydrogen-bond acceptors (Lipinski definition) is 2. The van der Waals surface area contributed by atoms with Gasteiger partial charge in [0, 0.05) is 16.0 Å². The predicted molar refractivity (Wildman–Crippen MR) is 129 cm³/mol. The van der Waals surface area contributed by atoms with Crippen molar-refractivity contribution in [2.24, 2.45) is 5.41 Å². The molecule has 1 unspecified atom stereocenters. The molecule has 0 bridgehead atoms. The molecule has 0 spiro atoms. The molecule has 0 aliphatic carbocycles. The molecule has 5 heteroatoms. The number of halogens is 2. The standard InChI is InChI=1S/C26H31Cl2NO2/c1-4-7-22(17-30)29-24(18-10-12-20(27)13-11-18)23(19-8-6-9-21(28)15-19)16-26(3,14-5-2)25(29)31/h5-6,8-13,15,22-24,30H,2,4,7,14,16-17H2,1,3H3/t22-,23?,24+,26-/m0/s1. The van der Waals surface area contributed by atoms with Crippen molar-refractivity contribution < 1.29 is 9.90 Å². The van der Waals surface area contributed by atoms with Crippen LogP contribution >= 0.6 is 23.2 Å². The minimum Gasteiger partial charge on any atom is -0.394 e. The molecular weight excluding hydrogens is 429 g/mol. The number of likely N-dealkylation sites (tertiary alicyclic amines) is 1. The number of piperidine rings is 1. The normalized spacial score (nSPS) is 24.8. The van der Waals surface area contributed by atoms with Crippen LogP contribution in [-0.4, -0.2) is 28.6 Å². The van der Waals surface area contributed by atoms with E-state index in [1.54, 1.807) is 0 Å². The minimum atomic E-state index is -0.598. The van der Waals surface area contributed by atoms with Gasteiger partial charge in [0.25, 0.3) is 0 Å². The Balaban J connectivity index is 2.21. The fourth-order valence-corrected chi connectivity index (χ4v) is 5.26. The Morgan fingerprint density at radius 2 is 1.90 bits per heavy atom. The molecule has 1 aliphatic rings. The highest BCUT2D eigenvalue weighted by molar-refractivity contribution is 6.30. The summed E-state index contributed by atoms with van der Waals surface area (Å²) in [4.78, 5) is 15.9. The highest BCUT2D eigenvalue weighted by Gasteiger charge is 2.50. The summed E-state index contributed by atoms with van der Waals surface area (Å²) in [5.74, 6) is 0.0894. The Morgan fingerprint density at radius 3 is 2.48 bits per heavy atom. The van der Waals surface area contributed by atoms with Crippen molar-refractivity contribution in [3.8, 4) is 0 Å². The van der Waals surface area contributed by atoms with Gasteiger partial charge in [-0.05, 0) is 54.7 Å². The maximum absolute atomic E-state index is 13.9. The molecule has 4 atom stereocenters. The number of aliphatic hydroxyl groups excluding tert-OH is 1. The Morgan fingerprint density at radius 1 is 1.19 bits per heavy atom. The SMILES string of the molecule is C=CC[C@@]1(C)CC(c2cccc(Cl)c2)[C@@H](c2ccc(Cl)cc2)N([C@H](CO)CCC)C1=O. The summed E-state index contributed by atoms with van der Waals surface area (Å²) >= 11 is 12.5. The average Bonchev–Trinajstić information content (AvgIpc) is 2.75. The maximum atomic E-state index is 13.9. The Kier molecular flexibility index (Phi) is 7.85. The lowest BCUT2D eigenvalue weighted by molar-refractivity contribution is -0.156. The molecule has 1 saturated heterocycles. The Labute approximate surface area is 195 Å². The number of carbonyl (C=O) groups is 1. The monoisotopic (exact) mass is 459 g/mol. The molecule has 0 radical (unpaired) electrons. The molecule has 166 valence electrons. The van der Waals surface area contributed by atoms with E-state index in [-0.39, 0.29) is 30.5 Å². The van der Waals surface area contributed by atoms with Crippen LogP contribution < -0.4 is 0 Å². The fraction of sp³-hybridized carbons (Fsp3) is 0.423. The lowest BCUT2D eigenvalue weighted by atomic mass is 9.67. The second-order valence-electron chi connectivity index (χ2n) is 8.75. The lowest BCUT2D eigenvalue weighted by Crippen LogP contribution is -2.56. The van der Waals surface area contributed by atoms with Crippen molar-refractivity contribution in [1.82, 2.24) is 4.90 Å². The fourth-order valence-electron chi connectivity index (χ4n) is 4.94. The lowest BCUT2D eigenvalue weighted by Gasteiger charge is -2.52. The topological polar surface area (TPSA) is 40.5 Å². The second kappa shape index (κ2) is 10.2. The smallest absolute Gasteiger partial charge is 0.229 e. The van der Waals surface area contributed by atoms with Crippen LogP contribution in [0.2, 0.25) is 10.0 Å². The maximum Gasteiger partial charge on any atom is 0.229 e. The minimum absolute atomic E-state index is 0.0217. The van der Waals surface area contributed by atoms with Gasteiger partial charge in [0.1, 0.15) is 0 Å². The van der Waals surface area contributed by atoms with Gasteiger partial charge in [-0.15, -0.1) is 6.58 Å². The van der Waals surface area contributed by atoms with E-state index in [4.69, 9.17) is 23.2 Å². The van der Waals surface area contributed by atoms with Crippen molar-refractivity contribution in [1.29, 1.82) is 0 Å². The van der Waals surface area contributed by atoms with Gasteiger partial charge >= 0.3 is 0 Å². The van der Waals surface area contributed by atoms with Crippen LogP contribution in [0.25, 0.3) is 0 Å². The van der Waals surface area contributed by atoms with Gasteiger partial charge in [-0.1, -0.05) is 73.8 Å². The van der Waals surface area contributed by atoms with Crippen LogP contribution in [0.1, 0.15) is 62.6 Å². The van der Waals surface area contributed by atoms with Crippen molar-refractivity contribution in [3.05, 3.63) is 82.4 Å². The third-order valence-electron chi connectivity index (χ3n) is 6.41. The van der Waals surface area contributed by atoms with E-state index in [9.17, 15) is 9.90 Å². The molecule has 1 aliphatic heterocycles. The zero-order valence-corrected chi connectivity index (χ0v) is 19.7. The van der Waals surface area contributed by atoms with Crippen molar-refractivity contribution >= 4 is 29.1 Å². The summed E-state index contributed by atoms with van der Waals surface area (Å²) in [6, 6.07) is 15.1. The van der Waals surface area contributed by atoms with Gasteiger partial charge in [-0.3, -0.25) is 4.79 Å². The number of rotatable bonds is 8. The van der Waals surface area contributed by atoms with Gasteiger partial charge in [-0.2, -0.15) is 0 Å². The van der Waals surface area contributed by atoms with Crippen molar-refractivity contribution in [2.75, 3.05) is 6.61 Å². The molecule has 1 fully saturated rings. The van der Waals surface area contributed by atoms with Gasteiger partial charge in [-0.25, -0.2) is 0 Å². The largest absolute Gasteiger partial charge is 0.394 e. The van der Waals surface area contributed by atoms with E-state index in [1.807, 2.05) is 60.4 Å².